The van der Waals surface area contributed by atoms with E-state index in [1.807, 2.05) is 42.5 Å². The van der Waals surface area contributed by atoms with E-state index in [1.165, 1.54) is 16.7 Å². The normalized spacial score (nSPS) is 10.3. The number of methoxy groups -OCH3 is 1. The van der Waals surface area contributed by atoms with Crippen molar-refractivity contribution in [2.24, 2.45) is 0 Å². The van der Waals surface area contributed by atoms with E-state index >= 15 is 0 Å². The molecule has 0 saturated heterocycles. The predicted molar refractivity (Wildman–Crippen MR) is 90.5 cm³/mol. The van der Waals surface area contributed by atoms with Gasteiger partial charge in [-0.1, -0.05) is 18.2 Å². The summed E-state index contributed by atoms with van der Waals surface area (Å²) in [6.07, 6.45) is 2.26. The number of amides is 1. The highest BCUT2D eigenvalue weighted by atomic mass is 16.5. The second-order valence-corrected chi connectivity index (χ2v) is 5.55. The number of carbonyl (C=O) groups is 1. The third kappa shape index (κ3) is 4.62. The van der Waals surface area contributed by atoms with Crippen LogP contribution in [0.15, 0.2) is 42.5 Å². The van der Waals surface area contributed by atoms with Crippen LogP contribution in [-0.2, 0) is 11.2 Å². The smallest absolute Gasteiger partial charge is 0.224 e. The average Bonchev–Trinajstić information content (AvgIpc) is 2.51. The summed E-state index contributed by atoms with van der Waals surface area (Å²) in [5.74, 6) is 0.924. The van der Waals surface area contributed by atoms with Gasteiger partial charge >= 0.3 is 0 Å². The Morgan fingerprint density at radius 1 is 1.05 bits per heavy atom. The number of benzene rings is 2. The molecule has 0 aromatic heterocycles. The van der Waals surface area contributed by atoms with Gasteiger partial charge in [0, 0.05) is 12.1 Å². The Kier molecular flexibility index (Phi) is 5.59. The van der Waals surface area contributed by atoms with Gasteiger partial charge in [-0.05, 0) is 67.6 Å². The lowest BCUT2D eigenvalue weighted by Crippen LogP contribution is -2.11. The van der Waals surface area contributed by atoms with Crippen molar-refractivity contribution >= 4 is 11.6 Å². The summed E-state index contributed by atoms with van der Waals surface area (Å²) >= 11 is 0. The first-order valence-electron chi connectivity index (χ1n) is 7.58. The van der Waals surface area contributed by atoms with Gasteiger partial charge < -0.3 is 10.1 Å². The predicted octanol–water partition coefficient (Wildman–Crippen LogP) is 4.27. The lowest BCUT2D eigenvalue weighted by Gasteiger charge is -2.08. The van der Waals surface area contributed by atoms with E-state index < -0.39 is 0 Å². The van der Waals surface area contributed by atoms with E-state index in [1.54, 1.807) is 7.11 Å². The van der Waals surface area contributed by atoms with E-state index in [2.05, 4.69) is 19.2 Å². The molecule has 0 fully saturated rings. The number of aryl methyl sites for hydroxylation is 3. The summed E-state index contributed by atoms with van der Waals surface area (Å²) < 4.78 is 5.13. The van der Waals surface area contributed by atoms with Crippen molar-refractivity contribution in [3.8, 4) is 5.75 Å². The molecule has 116 valence electrons. The largest absolute Gasteiger partial charge is 0.497 e. The molecule has 0 unspecified atom stereocenters. The first kappa shape index (κ1) is 16.1. The maximum atomic E-state index is 12.0. The number of carbonyl (C=O) groups excluding carboxylic acids is 1. The highest BCUT2D eigenvalue weighted by molar-refractivity contribution is 5.90. The molecule has 0 heterocycles. The minimum Gasteiger partial charge on any atom is -0.497 e. The Morgan fingerprint density at radius 3 is 2.41 bits per heavy atom. The van der Waals surface area contributed by atoms with Crippen molar-refractivity contribution in [1.82, 2.24) is 0 Å². The molecule has 0 aliphatic rings. The minimum absolute atomic E-state index is 0.0664. The van der Waals surface area contributed by atoms with Gasteiger partial charge in [0.05, 0.1) is 7.11 Å². The van der Waals surface area contributed by atoms with Gasteiger partial charge in [-0.25, -0.2) is 0 Å². The fourth-order valence-corrected chi connectivity index (χ4v) is 2.29. The molecule has 2 aromatic carbocycles. The van der Waals surface area contributed by atoms with Crippen LogP contribution in [0, 0.1) is 13.8 Å². The summed E-state index contributed by atoms with van der Waals surface area (Å²) in [5.41, 5.74) is 4.52. The molecule has 0 radical (unpaired) electrons. The zero-order chi connectivity index (χ0) is 15.9. The Labute approximate surface area is 132 Å². The van der Waals surface area contributed by atoms with Gasteiger partial charge in [0.15, 0.2) is 0 Å². The van der Waals surface area contributed by atoms with E-state index in [9.17, 15) is 4.79 Å². The van der Waals surface area contributed by atoms with Crippen LogP contribution in [0.1, 0.15) is 29.5 Å². The molecule has 3 heteroatoms. The van der Waals surface area contributed by atoms with Crippen molar-refractivity contribution in [1.29, 1.82) is 0 Å². The molecule has 2 rings (SSSR count). The van der Waals surface area contributed by atoms with Crippen molar-refractivity contribution < 1.29 is 9.53 Å². The Balaban J connectivity index is 1.78. The molecule has 0 saturated carbocycles. The highest BCUT2D eigenvalue weighted by Gasteiger charge is 2.04. The second-order valence-electron chi connectivity index (χ2n) is 5.55. The Morgan fingerprint density at radius 2 is 1.77 bits per heavy atom. The van der Waals surface area contributed by atoms with E-state index in [4.69, 9.17) is 4.74 Å². The molecule has 0 spiro atoms. The first-order chi connectivity index (χ1) is 10.6. The molecule has 1 N–H and O–H groups in total. The summed E-state index contributed by atoms with van der Waals surface area (Å²) in [4.78, 5) is 12.0. The molecule has 0 bridgehead atoms. The summed E-state index contributed by atoms with van der Waals surface area (Å²) in [6, 6.07) is 14.0. The summed E-state index contributed by atoms with van der Waals surface area (Å²) in [6.45, 7) is 4.12. The van der Waals surface area contributed by atoms with Gasteiger partial charge in [0.25, 0.3) is 0 Å². The molecule has 22 heavy (non-hydrogen) atoms. The maximum absolute atomic E-state index is 12.0. The first-order valence-corrected chi connectivity index (χ1v) is 7.58. The van der Waals surface area contributed by atoms with Crippen LogP contribution in [-0.4, -0.2) is 13.0 Å². The molecule has 0 aliphatic carbocycles. The zero-order valence-corrected chi connectivity index (χ0v) is 13.5. The third-order valence-electron chi connectivity index (χ3n) is 3.82. The fraction of sp³-hybridized carbons (Fsp3) is 0.316. The number of nitrogens with one attached hydrogen (secondary N) is 1. The summed E-state index contributed by atoms with van der Waals surface area (Å²) in [5, 5.41) is 2.96. The van der Waals surface area contributed by atoms with Crippen LogP contribution >= 0.6 is 0 Å². The van der Waals surface area contributed by atoms with Crippen molar-refractivity contribution in [3.05, 3.63) is 59.2 Å². The van der Waals surface area contributed by atoms with Crippen LogP contribution in [0.3, 0.4) is 0 Å². The van der Waals surface area contributed by atoms with Crippen LogP contribution in [0.4, 0.5) is 5.69 Å². The van der Waals surface area contributed by atoms with E-state index in [0.29, 0.717) is 6.42 Å². The standard InChI is InChI=1S/C19H23NO2/c1-14-7-10-17(13-15(14)2)20-19(21)6-4-5-16-8-11-18(22-3)12-9-16/h7-13H,4-6H2,1-3H3,(H,20,21). The van der Waals surface area contributed by atoms with E-state index in [-0.39, 0.29) is 5.91 Å². The van der Waals surface area contributed by atoms with E-state index in [0.717, 1.165) is 24.3 Å². The highest BCUT2D eigenvalue weighted by Crippen LogP contribution is 2.16. The van der Waals surface area contributed by atoms with Gasteiger partial charge in [-0.3, -0.25) is 4.79 Å². The molecule has 3 nitrogen and oxygen atoms in total. The lowest BCUT2D eigenvalue weighted by atomic mass is 10.1. The quantitative estimate of drug-likeness (QED) is 0.864. The fourth-order valence-electron chi connectivity index (χ4n) is 2.29. The van der Waals surface area contributed by atoms with Gasteiger partial charge in [-0.2, -0.15) is 0 Å². The Bertz CT molecular complexity index is 632. The summed E-state index contributed by atoms with van der Waals surface area (Å²) in [7, 11) is 1.66. The van der Waals surface area contributed by atoms with Gasteiger partial charge in [0.1, 0.15) is 5.75 Å². The number of hydrogen-bond acceptors (Lipinski definition) is 2. The molecular formula is C19H23NO2. The topological polar surface area (TPSA) is 38.3 Å². The Hall–Kier alpha value is -2.29. The number of rotatable bonds is 6. The monoisotopic (exact) mass is 297 g/mol. The van der Waals surface area contributed by atoms with Crippen LogP contribution in [0.5, 0.6) is 5.75 Å². The molecular weight excluding hydrogens is 274 g/mol. The third-order valence-corrected chi connectivity index (χ3v) is 3.82. The van der Waals surface area contributed by atoms with Crippen molar-refractivity contribution in [3.63, 3.8) is 0 Å². The average molecular weight is 297 g/mol. The lowest BCUT2D eigenvalue weighted by molar-refractivity contribution is -0.116. The van der Waals surface area contributed by atoms with Crippen LogP contribution < -0.4 is 10.1 Å². The SMILES string of the molecule is COc1ccc(CCCC(=O)Nc2ccc(C)c(C)c2)cc1. The molecule has 0 atom stereocenters. The number of anilines is 1. The second kappa shape index (κ2) is 7.64. The van der Waals surface area contributed by atoms with Crippen molar-refractivity contribution in [2.75, 3.05) is 12.4 Å². The van der Waals surface area contributed by atoms with Gasteiger partial charge in [-0.15, -0.1) is 0 Å². The van der Waals surface area contributed by atoms with Gasteiger partial charge in [0.2, 0.25) is 5.91 Å². The van der Waals surface area contributed by atoms with Crippen LogP contribution in [0.25, 0.3) is 0 Å². The number of ether oxygens (including phenoxy) is 1. The van der Waals surface area contributed by atoms with Crippen molar-refractivity contribution in [2.45, 2.75) is 33.1 Å². The van der Waals surface area contributed by atoms with Crippen LogP contribution in [0.2, 0.25) is 0 Å². The molecule has 2 aromatic rings. The maximum Gasteiger partial charge on any atom is 0.224 e. The number of hydrogen-bond donors (Lipinski definition) is 1. The zero-order valence-electron chi connectivity index (χ0n) is 13.5. The minimum atomic E-state index is 0.0664. The molecule has 1 amide bonds. The molecule has 0 aliphatic heterocycles.